The third-order valence-electron chi connectivity index (χ3n) is 3.26. The highest BCUT2D eigenvalue weighted by molar-refractivity contribution is 5.99. The third-order valence-corrected chi connectivity index (χ3v) is 3.26. The van der Waals surface area contributed by atoms with Crippen LogP contribution < -0.4 is 5.32 Å². The summed E-state index contributed by atoms with van der Waals surface area (Å²) in [5.74, 6) is -1.91. The van der Waals surface area contributed by atoms with Gasteiger partial charge in [-0.3, -0.25) is 4.79 Å². The van der Waals surface area contributed by atoms with E-state index in [-0.39, 0.29) is 0 Å². The summed E-state index contributed by atoms with van der Waals surface area (Å²) in [5, 5.41) is 3.03. The van der Waals surface area contributed by atoms with Gasteiger partial charge in [0.15, 0.2) is 5.78 Å². The molecule has 1 saturated heterocycles. The van der Waals surface area contributed by atoms with Gasteiger partial charge in [0.1, 0.15) is 5.82 Å². The van der Waals surface area contributed by atoms with Crippen LogP contribution in [-0.2, 0) is 6.18 Å². The number of Topliss-reactive ketones (excluding diaryl/α,β-unsaturated/α-hetero) is 1. The highest BCUT2D eigenvalue weighted by Gasteiger charge is 2.37. The standard InChI is InChI=1S/C13H13F4NO/c14-9-1-2-11(13(15,16)17)10(7-9)12(19)8-3-5-18-6-4-8/h1-2,7-8,18H,3-6H2. The summed E-state index contributed by atoms with van der Waals surface area (Å²) < 4.78 is 51.6. The van der Waals surface area contributed by atoms with Crippen molar-refractivity contribution < 1.29 is 22.4 Å². The van der Waals surface area contributed by atoms with E-state index in [1.807, 2.05) is 0 Å². The van der Waals surface area contributed by atoms with Gasteiger partial charge in [0.25, 0.3) is 0 Å². The molecule has 1 aliphatic rings. The molecule has 0 atom stereocenters. The first kappa shape index (κ1) is 14.0. The van der Waals surface area contributed by atoms with Gasteiger partial charge in [-0.1, -0.05) is 0 Å². The maximum atomic E-state index is 13.1. The van der Waals surface area contributed by atoms with Gasteiger partial charge in [-0.25, -0.2) is 4.39 Å². The van der Waals surface area contributed by atoms with Gasteiger partial charge in [0, 0.05) is 11.5 Å². The van der Waals surface area contributed by atoms with E-state index in [1.54, 1.807) is 0 Å². The fraction of sp³-hybridized carbons (Fsp3) is 0.462. The lowest BCUT2D eigenvalue weighted by Gasteiger charge is -2.22. The van der Waals surface area contributed by atoms with Crippen LogP contribution in [0.15, 0.2) is 18.2 Å². The Morgan fingerprint density at radius 2 is 1.84 bits per heavy atom. The number of alkyl halides is 3. The molecular formula is C13H13F4NO. The molecule has 1 heterocycles. The molecule has 1 aromatic rings. The van der Waals surface area contributed by atoms with E-state index in [1.165, 1.54) is 0 Å². The monoisotopic (exact) mass is 275 g/mol. The summed E-state index contributed by atoms with van der Waals surface area (Å²) in [4.78, 5) is 12.1. The molecule has 1 aromatic carbocycles. The van der Waals surface area contributed by atoms with Crippen LogP contribution in [0, 0.1) is 11.7 Å². The van der Waals surface area contributed by atoms with Gasteiger partial charge >= 0.3 is 6.18 Å². The van der Waals surface area contributed by atoms with Crippen molar-refractivity contribution in [1.82, 2.24) is 5.32 Å². The van der Waals surface area contributed by atoms with Crippen LogP contribution >= 0.6 is 0 Å². The SMILES string of the molecule is O=C(c1cc(F)ccc1C(F)(F)F)C1CCNCC1. The quantitative estimate of drug-likeness (QED) is 0.664. The van der Waals surface area contributed by atoms with Crippen molar-refractivity contribution in [2.45, 2.75) is 19.0 Å². The summed E-state index contributed by atoms with van der Waals surface area (Å²) in [5.41, 5.74) is -1.61. The second-order valence-corrected chi connectivity index (χ2v) is 4.58. The van der Waals surface area contributed by atoms with Gasteiger partial charge in [0.2, 0.25) is 0 Å². The zero-order valence-electron chi connectivity index (χ0n) is 10.1. The highest BCUT2D eigenvalue weighted by Crippen LogP contribution is 2.34. The van der Waals surface area contributed by atoms with Crippen LogP contribution in [0.1, 0.15) is 28.8 Å². The molecule has 0 spiro atoms. The Labute approximate surface area is 107 Å². The van der Waals surface area contributed by atoms with Crippen molar-refractivity contribution in [1.29, 1.82) is 0 Å². The Kier molecular flexibility index (Phi) is 3.89. The predicted octanol–water partition coefficient (Wildman–Crippen LogP) is 3.03. The van der Waals surface area contributed by atoms with Crippen LogP contribution in [0.25, 0.3) is 0 Å². The van der Waals surface area contributed by atoms with Crippen molar-refractivity contribution in [3.05, 3.63) is 35.1 Å². The van der Waals surface area contributed by atoms with E-state index in [4.69, 9.17) is 0 Å². The summed E-state index contributed by atoms with van der Waals surface area (Å²) in [6.07, 6.45) is -3.69. The number of ketones is 1. The van der Waals surface area contributed by atoms with Crippen LogP contribution in [0.5, 0.6) is 0 Å². The number of hydrogen-bond donors (Lipinski definition) is 1. The van der Waals surface area contributed by atoms with Gasteiger partial charge in [-0.15, -0.1) is 0 Å². The minimum Gasteiger partial charge on any atom is -0.317 e. The number of hydrogen-bond acceptors (Lipinski definition) is 2. The van der Waals surface area contributed by atoms with Gasteiger partial charge in [-0.2, -0.15) is 13.2 Å². The Morgan fingerprint density at radius 3 is 2.42 bits per heavy atom. The predicted molar refractivity (Wildman–Crippen MR) is 61.3 cm³/mol. The molecule has 2 nitrogen and oxygen atoms in total. The summed E-state index contributed by atoms with van der Waals surface area (Å²) in [6, 6.07) is 2.04. The van der Waals surface area contributed by atoms with Crippen molar-refractivity contribution in [2.24, 2.45) is 5.92 Å². The maximum absolute atomic E-state index is 13.1. The van der Waals surface area contributed by atoms with Crippen LogP contribution in [0.3, 0.4) is 0 Å². The van der Waals surface area contributed by atoms with Crippen molar-refractivity contribution in [3.63, 3.8) is 0 Å². The molecule has 0 radical (unpaired) electrons. The van der Waals surface area contributed by atoms with Gasteiger partial charge < -0.3 is 5.32 Å². The Hall–Kier alpha value is -1.43. The fourth-order valence-corrected chi connectivity index (χ4v) is 2.27. The molecule has 19 heavy (non-hydrogen) atoms. The second-order valence-electron chi connectivity index (χ2n) is 4.58. The lowest BCUT2D eigenvalue weighted by atomic mass is 9.87. The van der Waals surface area contributed by atoms with E-state index in [0.717, 1.165) is 6.07 Å². The number of piperidine rings is 1. The number of nitrogens with one attached hydrogen (secondary N) is 1. The largest absolute Gasteiger partial charge is 0.417 e. The molecule has 0 aromatic heterocycles. The zero-order valence-corrected chi connectivity index (χ0v) is 10.1. The van der Waals surface area contributed by atoms with E-state index < -0.39 is 34.8 Å². The molecule has 1 fully saturated rings. The highest BCUT2D eigenvalue weighted by atomic mass is 19.4. The molecular weight excluding hydrogens is 262 g/mol. The van der Waals surface area contributed by atoms with Crippen LogP contribution in [0.4, 0.5) is 17.6 Å². The molecule has 1 N–H and O–H groups in total. The van der Waals surface area contributed by atoms with E-state index >= 15 is 0 Å². The van der Waals surface area contributed by atoms with Crippen molar-refractivity contribution in [2.75, 3.05) is 13.1 Å². The molecule has 104 valence electrons. The number of halogens is 4. The van der Waals surface area contributed by atoms with E-state index in [9.17, 15) is 22.4 Å². The minimum absolute atomic E-state index is 0.468. The zero-order chi connectivity index (χ0) is 14.0. The summed E-state index contributed by atoms with van der Waals surface area (Å²) in [6.45, 7) is 1.18. The van der Waals surface area contributed by atoms with Crippen molar-refractivity contribution in [3.8, 4) is 0 Å². The first-order valence-electron chi connectivity index (χ1n) is 6.01. The molecule has 6 heteroatoms. The average Bonchev–Trinajstić information content (AvgIpc) is 2.37. The Morgan fingerprint density at radius 1 is 1.21 bits per heavy atom. The topological polar surface area (TPSA) is 29.1 Å². The minimum atomic E-state index is -4.65. The molecule has 0 aliphatic carbocycles. The second kappa shape index (κ2) is 5.28. The lowest BCUT2D eigenvalue weighted by Crippen LogP contribution is -2.32. The number of carbonyl (C=O) groups is 1. The van der Waals surface area contributed by atoms with Crippen LogP contribution in [0.2, 0.25) is 0 Å². The van der Waals surface area contributed by atoms with E-state index in [2.05, 4.69) is 5.32 Å². The smallest absolute Gasteiger partial charge is 0.317 e. The number of carbonyl (C=O) groups excluding carboxylic acids is 1. The van der Waals surface area contributed by atoms with Crippen LogP contribution in [-0.4, -0.2) is 18.9 Å². The third kappa shape index (κ3) is 3.12. The molecule has 0 saturated carbocycles. The van der Waals surface area contributed by atoms with Crippen molar-refractivity contribution >= 4 is 5.78 Å². The first-order chi connectivity index (χ1) is 8.89. The number of benzene rings is 1. The summed E-state index contributed by atoms with van der Waals surface area (Å²) in [7, 11) is 0. The Balaban J connectivity index is 2.36. The summed E-state index contributed by atoms with van der Waals surface area (Å²) >= 11 is 0. The number of rotatable bonds is 2. The Bertz CT molecular complexity index is 478. The normalized spacial score (nSPS) is 17.5. The van der Waals surface area contributed by atoms with Gasteiger partial charge in [-0.05, 0) is 44.1 Å². The molecule has 0 amide bonds. The maximum Gasteiger partial charge on any atom is 0.417 e. The molecule has 1 aliphatic heterocycles. The lowest BCUT2D eigenvalue weighted by molar-refractivity contribution is -0.138. The fourth-order valence-electron chi connectivity index (χ4n) is 2.27. The molecule has 0 bridgehead atoms. The van der Waals surface area contributed by atoms with E-state index in [0.29, 0.717) is 38.1 Å². The first-order valence-corrected chi connectivity index (χ1v) is 6.01. The molecule has 2 rings (SSSR count). The van der Waals surface area contributed by atoms with Gasteiger partial charge in [0.05, 0.1) is 5.56 Å². The average molecular weight is 275 g/mol. The molecule has 0 unspecified atom stereocenters.